The second-order valence-corrected chi connectivity index (χ2v) is 4.58. The predicted molar refractivity (Wildman–Crippen MR) is 67.6 cm³/mol. The standard InChI is InChI=1S/C11H14N4O4/c1-5(2)15-7-6(9(16)14(4)11(15)19)13(3)8(12-7)10(17)18/h5H,1-4H3,(H,17,18). The molecule has 0 saturated carbocycles. The van der Waals surface area contributed by atoms with E-state index in [1.54, 1.807) is 13.8 Å². The normalized spacial score (nSPS) is 11.4. The van der Waals surface area contributed by atoms with Gasteiger partial charge in [-0.25, -0.2) is 14.6 Å². The lowest BCUT2D eigenvalue weighted by Crippen LogP contribution is -2.39. The third-order valence-electron chi connectivity index (χ3n) is 3.01. The Kier molecular flexibility index (Phi) is 2.80. The Balaban J connectivity index is 3.13. The van der Waals surface area contributed by atoms with E-state index in [1.165, 1.54) is 23.2 Å². The Morgan fingerprint density at radius 2 is 1.79 bits per heavy atom. The second-order valence-electron chi connectivity index (χ2n) is 4.58. The molecule has 0 radical (unpaired) electrons. The number of carboxylic acid groups (broad SMARTS) is 1. The molecular formula is C11H14N4O4. The fraction of sp³-hybridized carbons (Fsp3) is 0.455. The van der Waals surface area contributed by atoms with Gasteiger partial charge in [0.05, 0.1) is 0 Å². The average molecular weight is 266 g/mol. The van der Waals surface area contributed by atoms with Crippen LogP contribution in [0.5, 0.6) is 0 Å². The fourth-order valence-corrected chi connectivity index (χ4v) is 2.05. The van der Waals surface area contributed by atoms with Crippen molar-refractivity contribution < 1.29 is 9.90 Å². The molecule has 2 aromatic rings. The maximum absolute atomic E-state index is 12.1. The predicted octanol–water partition coefficient (Wildman–Crippen LogP) is -0.287. The van der Waals surface area contributed by atoms with E-state index in [0.717, 1.165) is 4.57 Å². The summed E-state index contributed by atoms with van der Waals surface area (Å²) in [6.07, 6.45) is 0. The Labute approximate surface area is 107 Å². The van der Waals surface area contributed by atoms with Crippen molar-refractivity contribution in [1.82, 2.24) is 18.7 Å². The smallest absolute Gasteiger partial charge is 0.372 e. The minimum atomic E-state index is -1.25. The SMILES string of the molecule is CC(C)n1c(=O)n(C)c(=O)c2c1nc(C(=O)O)n2C. The molecule has 0 unspecified atom stereocenters. The molecule has 2 heterocycles. The van der Waals surface area contributed by atoms with E-state index in [-0.39, 0.29) is 23.0 Å². The maximum atomic E-state index is 12.1. The number of aryl methyl sites for hydroxylation is 1. The average Bonchev–Trinajstić information content (AvgIpc) is 2.64. The molecule has 0 aliphatic rings. The molecule has 2 rings (SSSR count). The summed E-state index contributed by atoms with van der Waals surface area (Å²) in [5, 5.41) is 9.05. The molecular weight excluding hydrogens is 252 g/mol. The highest BCUT2D eigenvalue weighted by Crippen LogP contribution is 2.13. The van der Waals surface area contributed by atoms with Gasteiger partial charge in [-0.05, 0) is 13.8 Å². The van der Waals surface area contributed by atoms with Crippen LogP contribution in [0.15, 0.2) is 9.59 Å². The van der Waals surface area contributed by atoms with Crippen LogP contribution in [0.1, 0.15) is 30.5 Å². The van der Waals surface area contributed by atoms with Gasteiger partial charge in [-0.3, -0.25) is 13.9 Å². The van der Waals surface area contributed by atoms with Crippen molar-refractivity contribution in [3.8, 4) is 0 Å². The van der Waals surface area contributed by atoms with Crippen molar-refractivity contribution >= 4 is 17.1 Å². The van der Waals surface area contributed by atoms with Gasteiger partial charge in [0.1, 0.15) is 0 Å². The van der Waals surface area contributed by atoms with E-state index < -0.39 is 17.2 Å². The number of rotatable bonds is 2. The Bertz CT molecular complexity index is 794. The zero-order valence-corrected chi connectivity index (χ0v) is 11.0. The molecule has 102 valence electrons. The van der Waals surface area contributed by atoms with Crippen LogP contribution >= 0.6 is 0 Å². The number of hydrogen-bond acceptors (Lipinski definition) is 4. The molecule has 0 amide bonds. The fourth-order valence-electron chi connectivity index (χ4n) is 2.05. The van der Waals surface area contributed by atoms with E-state index in [0.29, 0.717) is 0 Å². The summed E-state index contributed by atoms with van der Waals surface area (Å²) >= 11 is 0. The van der Waals surface area contributed by atoms with Gasteiger partial charge in [0.15, 0.2) is 11.2 Å². The second kappa shape index (κ2) is 4.08. The van der Waals surface area contributed by atoms with Crippen LogP contribution in [-0.2, 0) is 14.1 Å². The van der Waals surface area contributed by atoms with Gasteiger partial charge in [0.2, 0.25) is 5.82 Å². The van der Waals surface area contributed by atoms with Gasteiger partial charge in [-0.1, -0.05) is 0 Å². The summed E-state index contributed by atoms with van der Waals surface area (Å²) in [6, 6.07) is -0.238. The number of imidazole rings is 1. The number of aromatic nitrogens is 4. The van der Waals surface area contributed by atoms with Crippen LogP contribution in [0.25, 0.3) is 11.2 Å². The highest BCUT2D eigenvalue weighted by atomic mass is 16.4. The van der Waals surface area contributed by atoms with Crippen LogP contribution in [0.2, 0.25) is 0 Å². The lowest BCUT2D eigenvalue weighted by atomic mass is 10.3. The first kappa shape index (κ1) is 13.1. The van der Waals surface area contributed by atoms with Crippen LogP contribution < -0.4 is 11.2 Å². The highest BCUT2D eigenvalue weighted by Gasteiger charge is 2.22. The molecule has 0 fully saturated rings. The zero-order chi connectivity index (χ0) is 14.5. The van der Waals surface area contributed by atoms with Crippen molar-refractivity contribution in [2.24, 2.45) is 14.1 Å². The number of nitrogens with zero attached hydrogens (tertiary/aromatic N) is 4. The summed E-state index contributed by atoms with van der Waals surface area (Å²) in [5.74, 6) is -1.52. The Morgan fingerprint density at radius 3 is 2.26 bits per heavy atom. The van der Waals surface area contributed by atoms with Gasteiger partial charge in [-0.15, -0.1) is 0 Å². The monoisotopic (exact) mass is 266 g/mol. The van der Waals surface area contributed by atoms with Crippen LogP contribution in [0.3, 0.4) is 0 Å². The van der Waals surface area contributed by atoms with E-state index in [1.807, 2.05) is 0 Å². The quantitative estimate of drug-likeness (QED) is 0.805. The highest BCUT2D eigenvalue weighted by molar-refractivity contribution is 5.88. The van der Waals surface area contributed by atoms with Crippen molar-refractivity contribution in [1.29, 1.82) is 0 Å². The Hall–Kier alpha value is -2.38. The topological polar surface area (TPSA) is 99.1 Å². The van der Waals surface area contributed by atoms with Gasteiger partial charge >= 0.3 is 11.7 Å². The first-order valence-electron chi connectivity index (χ1n) is 5.68. The minimum Gasteiger partial charge on any atom is -0.475 e. The summed E-state index contributed by atoms with van der Waals surface area (Å²) in [7, 11) is 2.80. The van der Waals surface area contributed by atoms with Gasteiger partial charge in [0.25, 0.3) is 5.56 Å². The van der Waals surface area contributed by atoms with Crippen molar-refractivity contribution in [2.45, 2.75) is 19.9 Å². The number of hydrogen-bond donors (Lipinski definition) is 1. The molecule has 0 atom stereocenters. The first-order chi connectivity index (χ1) is 8.77. The molecule has 0 bridgehead atoms. The summed E-state index contributed by atoms with van der Waals surface area (Å²) < 4.78 is 3.46. The lowest BCUT2D eigenvalue weighted by Gasteiger charge is -2.11. The van der Waals surface area contributed by atoms with E-state index >= 15 is 0 Å². The minimum absolute atomic E-state index is 0.100. The number of carbonyl (C=O) groups is 1. The third kappa shape index (κ3) is 1.67. The van der Waals surface area contributed by atoms with Crippen molar-refractivity contribution in [3.05, 3.63) is 26.7 Å². The summed E-state index contributed by atoms with van der Waals surface area (Å²) in [4.78, 5) is 39.1. The molecule has 0 aliphatic heterocycles. The largest absolute Gasteiger partial charge is 0.475 e. The molecule has 1 N–H and O–H groups in total. The molecule has 2 aromatic heterocycles. The molecule has 19 heavy (non-hydrogen) atoms. The van der Waals surface area contributed by atoms with Crippen molar-refractivity contribution in [3.63, 3.8) is 0 Å². The van der Waals surface area contributed by atoms with E-state index in [9.17, 15) is 14.4 Å². The zero-order valence-electron chi connectivity index (χ0n) is 11.0. The molecule has 8 nitrogen and oxygen atoms in total. The molecule has 0 saturated heterocycles. The van der Waals surface area contributed by atoms with Crippen LogP contribution in [0, 0.1) is 0 Å². The maximum Gasteiger partial charge on any atom is 0.372 e. The first-order valence-corrected chi connectivity index (χ1v) is 5.68. The van der Waals surface area contributed by atoms with E-state index in [4.69, 9.17) is 5.11 Å². The third-order valence-corrected chi connectivity index (χ3v) is 3.01. The lowest BCUT2D eigenvalue weighted by molar-refractivity contribution is 0.0680. The van der Waals surface area contributed by atoms with Crippen molar-refractivity contribution in [2.75, 3.05) is 0 Å². The van der Waals surface area contributed by atoms with E-state index in [2.05, 4.69) is 4.98 Å². The Morgan fingerprint density at radius 1 is 1.21 bits per heavy atom. The molecule has 0 aromatic carbocycles. The summed E-state index contributed by atoms with van der Waals surface area (Å²) in [5.41, 5.74) is -0.863. The summed E-state index contributed by atoms with van der Waals surface area (Å²) in [6.45, 7) is 3.53. The number of fused-ring (bicyclic) bond motifs is 1. The van der Waals surface area contributed by atoms with Gasteiger partial charge in [0, 0.05) is 20.1 Å². The number of carboxylic acids is 1. The molecule has 0 spiro atoms. The van der Waals surface area contributed by atoms with Crippen LogP contribution in [0.4, 0.5) is 0 Å². The number of aromatic carboxylic acids is 1. The molecule has 0 aliphatic carbocycles. The van der Waals surface area contributed by atoms with Crippen LogP contribution in [-0.4, -0.2) is 29.8 Å². The van der Waals surface area contributed by atoms with Gasteiger partial charge in [-0.2, -0.15) is 0 Å². The molecule has 8 heteroatoms. The van der Waals surface area contributed by atoms with Gasteiger partial charge < -0.3 is 9.67 Å².